The Morgan fingerprint density at radius 2 is 1.88 bits per heavy atom. The first-order chi connectivity index (χ1) is 12.0. The molecule has 0 spiro atoms. The summed E-state index contributed by atoms with van der Waals surface area (Å²) in [7, 11) is 0. The number of para-hydroxylation sites is 2. The fraction of sp³-hybridized carbons (Fsp3) is 0.200. The minimum absolute atomic E-state index is 0.122. The molecule has 0 amide bonds. The number of nitrogen functional groups attached to an aromatic ring is 1. The number of rotatable bonds is 2. The van der Waals surface area contributed by atoms with Crippen molar-refractivity contribution in [2.24, 2.45) is 21.5 Å². The quantitative estimate of drug-likeness (QED) is 0.576. The van der Waals surface area contributed by atoms with Gasteiger partial charge in [0.05, 0.1) is 17.6 Å². The smallest absolute Gasteiger partial charge is 0.240 e. The molecule has 3 aromatic rings. The first-order valence-electron chi connectivity index (χ1n) is 7.57. The molecule has 1 unspecified atom stereocenters. The molecule has 2 aromatic heterocycles. The fourth-order valence-electron chi connectivity index (χ4n) is 2.73. The van der Waals surface area contributed by atoms with Gasteiger partial charge in [-0.1, -0.05) is 12.1 Å². The number of aromatic nitrogens is 5. The molecular formula is C15H16N10. The molecule has 0 bridgehead atoms. The van der Waals surface area contributed by atoms with Gasteiger partial charge in [-0.2, -0.15) is 15.0 Å². The van der Waals surface area contributed by atoms with Crippen LogP contribution in [0.4, 0.5) is 5.95 Å². The summed E-state index contributed by atoms with van der Waals surface area (Å²) in [6.07, 6.45) is 1.55. The lowest BCUT2D eigenvalue weighted by molar-refractivity contribution is 0.567. The van der Waals surface area contributed by atoms with Gasteiger partial charge in [0.15, 0.2) is 0 Å². The Labute approximate surface area is 142 Å². The Kier molecular flexibility index (Phi) is 3.22. The first-order valence-corrected chi connectivity index (χ1v) is 7.57. The van der Waals surface area contributed by atoms with E-state index >= 15 is 0 Å². The summed E-state index contributed by atoms with van der Waals surface area (Å²) in [5.41, 5.74) is 18.4. The van der Waals surface area contributed by atoms with Gasteiger partial charge in [-0.05, 0) is 19.1 Å². The second-order valence-corrected chi connectivity index (χ2v) is 5.77. The monoisotopic (exact) mass is 336 g/mol. The van der Waals surface area contributed by atoms with E-state index in [2.05, 4.69) is 29.9 Å². The summed E-state index contributed by atoms with van der Waals surface area (Å²) >= 11 is 0. The number of guanidine groups is 1. The Hall–Kier alpha value is -3.40. The average molecular weight is 336 g/mol. The van der Waals surface area contributed by atoms with Crippen molar-refractivity contribution < 1.29 is 0 Å². The van der Waals surface area contributed by atoms with Gasteiger partial charge in [-0.25, -0.2) is 15.0 Å². The van der Waals surface area contributed by atoms with Crippen LogP contribution in [0.25, 0.3) is 17.0 Å². The predicted molar refractivity (Wildman–Crippen MR) is 94.5 cm³/mol. The van der Waals surface area contributed by atoms with Gasteiger partial charge in [0.1, 0.15) is 17.2 Å². The molecule has 25 heavy (non-hydrogen) atoms. The van der Waals surface area contributed by atoms with Crippen LogP contribution in [0.1, 0.15) is 11.6 Å². The van der Waals surface area contributed by atoms with Crippen LogP contribution < -0.4 is 17.2 Å². The van der Waals surface area contributed by atoms with Crippen LogP contribution in [0.15, 0.2) is 34.3 Å². The molecule has 10 heteroatoms. The van der Waals surface area contributed by atoms with Crippen LogP contribution in [0.3, 0.4) is 0 Å². The number of aliphatic imine (C=N–C) groups is 2. The summed E-state index contributed by atoms with van der Waals surface area (Å²) in [5, 5.41) is 0. The Balaban J connectivity index is 2.01. The summed E-state index contributed by atoms with van der Waals surface area (Å²) < 4.78 is 1.75. The second-order valence-electron chi connectivity index (χ2n) is 5.77. The topological polar surface area (TPSA) is 159 Å². The normalized spacial score (nSPS) is 20.0. The number of nitrogens with two attached hydrogens (primary N) is 3. The number of imidazole rings is 1. The van der Waals surface area contributed by atoms with E-state index in [1.807, 2.05) is 24.3 Å². The van der Waals surface area contributed by atoms with Crippen molar-refractivity contribution in [1.82, 2.24) is 24.5 Å². The van der Waals surface area contributed by atoms with E-state index in [0.29, 0.717) is 17.6 Å². The molecule has 1 aliphatic heterocycles. The summed E-state index contributed by atoms with van der Waals surface area (Å²) in [5.74, 6) is 1.64. The molecule has 10 nitrogen and oxygen atoms in total. The summed E-state index contributed by atoms with van der Waals surface area (Å²) in [6, 6.07) is 7.58. The third-order valence-electron chi connectivity index (χ3n) is 3.86. The van der Waals surface area contributed by atoms with Gasteiger partial charge in [0.2, 0.25) is 17.9 Å². The van der Waals surface area contributed by atoms with Crippen molar-refractivity contribution in [3.63, 3.8) is 0 Å². The molecule has 0 saturated heterocycles. The van der Waals surface area contributed by atoms with E-state index in [1.54, 1.807) is 17.7 Å². The zero-order chi connectivity index (χ0) is 17.6. The highest BCUT2D eigenvalue weighted by atomic mass is 15.3. The maximum Gasteiger partial charge on any atom is 0.240 e. The van der Waals surface area contributed by atoms with Crippen LogP contribution in [0, 0.1) is 6.92 Å². The number of anilines is 1. The minimum atomic E-state index is -1.04. The minimum Gasteiger partial charge on any atom is -0.368 e. The second kappa shape index (κ2) is 5.31. The zero-order valence-electron chi connectivity index (χ0n) is 13.5. The van der Waals surface area contributed by atoms with Crippen LogP contribution in [-0.2, 0) is 5.54 Å². The largest absolute Gasteiger partial charge is 0.368 e. The van der Waals surface area contributed by atoms with E-state index in [1.165, 1.54) is 0 Å². The van der Waals surface area contributed by atoms with Crippen molar-refractivity contribution in [3.05, 3.63) is 35.9 Å². The van der Waals surface area contributed by atoms with Gasteiger partial charge in [-0.3, -0.25) is 4.57 Å². The van der Waals surface area contributed by atoms with Crippen molar-refractivity contribution >= 4 is 29.2 Å². The average Bonchev–Trinajstić information content (AvgIpc) is 2.97. The summed E-state index contributed by atoms with van der Waals surface area (Å²) in [4.78, 5) is 25.5. The van der Waals surface area contributed by atoms with E-state index in [0.717, 1.165) is 11.0 Å². The molecule has 126 valence electrons. The van der Waals surface area contributed by atoms with Crippen molar-refractivity contribution in [2.75, 3.05) is 12.3 Å². The van der Waals surface area contributed by atoms with E-state index in [-0.39, 0.29) is 18.5 Å². The fourth-order valence-corrected chi connectivity index (χ4v) is 2.73. The van der Waals surface area contributed by atoms with Crippen molar-refractivity contribution in [1.29, 1.82) is 0 Å². The maximum absolute atomic E-state index is 6.52. The molecule has 0 radical (unpaired) electrons. The molecule has 1 atom stereocenters. The highest BCUT2D eigenvalue weighted by Crippen LogP contribution is 2.26. The Morgan fingerprint density at radius 3 is 2.60 bits per heavy atom. The van der Waals surface area contributed by atoms with Gasteiger partial charge >= 0.3 is 0 Å². The molecule has 6 N–H and O–H groups in total. The van der Waals surface area contributed by atoms with Gasteiger partial charge in [0.25, 0.3) is 0 Å². The lowest BCUT2D eigenvalue weighted by atomic mass is 10.0. The van der Waals surface area contributed by atoms with Gasteiger partial charge in [0, 0.05) is 6.21 Å². The summed E-state index contributed by atoms with van der Waals surface area (Å²) in [6.45, 7) is 1.96. The maximum atomic E-state index is 6.52. The van der Waals surface area contributed by atoms with Crippen molar-refractivity contribution in [3.8, 4) is 5.95 Å². The zero-order valence-corrected chi connectivity index (χ0v) is 13.5. The highest BCUT2D eigenvalue weighted by molar-refractivity contribution is 5.92. The molecule has 4 rings (SSSR count). The number of hydrogen-bond donors (Lipinski definition) is 3. The lowest BCUT2D eigenvalue weighted by Crippen LogP contribution is -2.46. The third-order valence-corrected chi connectivity index (χ3v) is 3.86. The number of aryl methyl sites for hydroxylation is 1. The number of nitrogens with zero attached hydrogens (tertiary/aromatic N) is 7. The van der Waals surface area contributed by atoms with Gasteiger partial charge < -0.3 is 17.2 Å². The highest BCUT2D eigenvalue weighted by Gasteiger charge is 2.35. The Bertz CT molecular complexity index is 1010. The van der Waals surface area contributed by atoms with E-state index < -0.39 is 5.54 Å². The third kappa shape index (κ3) is 2.48. The van der Waals surface area contributed by atoms with E-state index in [4.69, 9.17) is 17.2 Å². The predicted octanol–water partition coefficient (Wildman–Crippen LogP) is -0.346. The molecule has 0 saturated carbocycles. The Morgan fingerprint density at radius 1 is 1.08 bits per heavy atom. The van der Waals surface area contributed by atoms with Crippen LogP contribution in [-0.4, -0.2) is 43.2 Å². The number of hydrogen-bond acceptors (Lipinski definition) is 9. The molecule has 1 aliphatic rings. The van der Waals surface area contributed by atoms with E-state index in [9.17, 15) is 0 Å². The van der Waals surface area contributed by atoms with Crippen molar-refractivity contribution in [2.45, 2.75) is 12.5 Å². The molecule has 1 aromatic carbocycles. The van der Waals surface area contributed by atoms with Crippen LogP contribution >= 0.6 is 0 Å². The molecular weight excluding hydrogens is 320 g/mol. The lowest BCUT2D eigenvalue weighted by Gasteiger charge is -2.25. The first kappa shape index (κ1) is 15.1. The van der Waals surface area contributed by atoms with Gasteiger partial charge in [-0.15, -0.1) is 0 Å². The standard InChI is InChI=1S/C15H16N10/c1-8-21-13(17)24-14(22-8)25-10-5-3-2-4-9(10)23-11(25)15(18)6-19-12(16)20-7-15/h2-6H,7,18H2,1H3,(H2,16,20)(H2,17,21,22,24). The number of fused-ring (bicyclic) bond motifs is 1. The molecule has 3 heterocycles. The van der Waals surface area contributed by atoms with Crippen LogP contribution in [0.2, 0.25) is 0 Å². The van der Waals surface area contributed by atoms with Crippen LogP contribution in [0.5, 0.6) is 0 Å². The SMILES string of the molecule is Cc1nc(N)nc(-n2c(C3(N)C=NC(N)=NC3)nc3ccccc32)n1. The number of benzene rings is 1. The molecule has 0 aliphatic carbocycles. The molecule has 0 fully saturated rings.